The summed E-state index contributed by atoms with van der Waals surface area (Å²) in [6.45, 7) is 2.73. The zero-order chi connectivity index (χ0) is 10.1. The molecule has 90 valence electrons. The Hall–Kier alpha value is -0.770. The van der Waals surface area contributed by atoms with Gasteiger partial charge in [-0.2, -0.15) is 0 Å². The molecule has 0 fully saturated rings. The topological polar surface area (TPSA) is 43.8 Å². The molecule has 0 amide bonds. The summed E-state index contributed by atoms with van der Waals surface area (Å²) in [5.74, 6) is 0. The molecule has 2 rings (SSSR count). The summed E-state index contributed by atoms with van der Waals surface area (Å²) >= 11 is 0. The van der Waals surface area contributed by atoms with Crippen molar-refractivity contribution < 1.29 is 0 Å². The summed E-state index contributed by atoms with van der Waals surface area (Å²) in [7, 11) is 2.01. The van der Waals surface area contributed by atoms with Gasteiger partial charge in [0, 0.05) is 13.6 Å². The van der Waals surface area contributed by atoms with E-state index in [1.165, 1.54) is 16.6 Å². The Kier molecular flexibility index (Phi) is 5.79. The fraction of sp³-hybridized carbons (Fsp3) is 0.364. The van der Waals surface area contributed by atoms with Crippen LogP contribution in [0.1, 0.15) is 18.1 Å². The predicted octanol–water partition coefficient (Wildman–Crippen LogP) is 2.44. The van der Waals surface area contributed by atoms with E-state index in [2.05, 4.69) is 24.0 Å². The highest BCUT2D eigenvalue weighted by Crippen LogP contribution is 2.21. The van der Waals surface area contributed by atoms with Crippen molar-refractivity contribution in [2.75, 3.05) is 0 Å². The Morgan fingerprint density at radius 2 is 2.00 bits per heavy atom. The number of halogens is 2. The molecule has 2 aromatic rings. The Balaban J connectivity index is 0.00000112. The summed E-state index contributed by atoms with van der Waals surface area (Å²) in [5.41, 5.74) is 10.5. The fourth-order valence-corrected chi connectivity index (χ4v) is 1.93. The molecule has 16 heavy (non-hydrogen) atoms. The second kappa shape index (κ2) is 6.09. The average molecular weight is 262 g/mol. The van der Waals surface area contributed by atoms with E-state index in [1.807, 2.05) is 17.9 Å². The fourth-order valence-electron chi connectivity index (χ4n) is 1.93. The average Bonchev–Trinajstić information content (AvgIpc) is 2.59. The van der Waals surface area contributed by atoms with Gasteiger partial charge in [0.2, 0.25) is 0 Å². The third-order valence-corrected chi connectivity index (χ3v) is 2.67. The number of hydrogen-bond donors (Lipinski definition) is 1. The quantitative estimate of drug-likeness (QED) is 0.903. The van der Waals surface area contributed by atoms with Crippen LogP contribution in [0.25, 0.3) is 11.0 Å². The first-order valence-electron chi connectivity index (χ1n) is 4.89. The molecule has 0 radical (unpaired) electrons. The molecule has 0 bridgehead atoms. The summed E-state index contributed by atoms with van der Waals surface area (Å²) in [4.78, 5) is 4.31. The second-order valence-electron chi connectivity index (χ2n) is 3.48. The van der Waals surface area contributed by atoms with Crippen LogP contribution in [0.15, 0.2) is 18.5 Å². The van der Waals surface area contributed by atoms with Gasteiger partial charge >= 0.3 is 0 Å². The van der Waals surface area contributed by atoms with E-state index in [0.29, 0.717) is 6.54 Å². The minimum atomic E-state index is 0. The molecule has 1 aromatic carbocycles. The Labute approximate surface area is 108 Å². The number of hydrogen-bond acceptors (Lipinski definition) is 2. The van der Waals surface area contributed by atoms with Gasteiger partial charge in [-0.3, -0.25) is 0 Å². The van der Waals surface area contributed by atoms with Crippen molar-refractivity contribution in [2.24, 2.45) is 12.8 Å². The summed E-state index contributed by atoms with van der Waals surface area (Å²) in [5, 5.41) is 0. The standard InChI is InChI=1S/C11H15N3.2ClH/c1-3-8-4-5-10-11(9(8)6-12)14(2)7-13-10;;/h4-5,7H,3,6,12H2,1-2H3;2*1H. The number of aromatic nitrogens is 2. The number of nitrogens with two attached hydrogens (primary N) is 1. The molecule has 1 aromatic heterocycles. The highest BCUT2D eigenvalue weighted by atomic mass is 35.5. The number of aryl methyl sites for hydroxylation is 2. The smallest absolute Gasteiger partial charge is 0.0955 e. The molecule has 0 unspecified atom stereocenters. The molecule has 0 saturated carbocycles. The maximum atomic E-state index is 5.78. The van der Waals surface area contributed by atoms with Crippen molar-refractivity contribution in [1.82, 2.24) is 9.55 Å². The Morgan fingerprint density at radius 1 is 1.31 bits per heavy atom. The zero-order valence-corrected chi connectivity index (χ0v) is 11.1. The molecule has 3 nitrogen and oxygen atoms in total. The first-order valence-corrected chi connectivity index (χ1v) is 4.89. The van der Waals surface area contributed by atoms with E-state index in [4.69, 9.17) is 5.73 Å². The second-order valence-corrected chi connectivity index (χ2v) is 3.48. The van der Waals surface area contributed by atoms with Gasteiger partial charge < -0.3 is 10.3 Å². The lowest BCUT2D eigenvalue weighted by atomic mass is 10.0. The van der Waals surface area contributed by atoms with Crippen molar-refractivity contribution in [2.45, 2.75) is 19.9 Å². The van der Waals surface area contributed by atoms with Crippen molar-refractivity contribution in [3.8, 4) is 0 Å². The van der Waals surface area contributed by atoms with E-state index >= 15 is 0 Å². The van der Waals surface area contributed by atoms with Gasteiger partial charge in [-0.05, 0) is 23.6 Å². The van der Waals surface area contributed by atoms with Crippen LogP contribution in [0, 0.1) is 0 Å². The molecule has 0 spiro atoms. The van der Waals surface area contributed by atoms with Crippen molar-refractivity contribution in [3.05, 3.63) is 29.6 Å². The minimum Gasteiger partial charge on any atom is -0.333 e. The molecule has 0 saturated heterocycles. The lowest BCUT2D eigenvalue weighted by Crippen LogP contribution is -2.04. The predicted molar refractivity (Wildman–Crippen MR) is 72.5 cm³/mol. The first-order chi connectivity index (χ1) is 6.77. The molecule has 2 N–H and O–H groups in total. The van der Waals surface area contributed by atoms with Gasteiger partial charge in [0.05, 0.1) is 17.4 Å². The van der Waals surface area contributed by atoms with Crippen LogP contribution in [-0.2, 0) is 20.0 Å². The maximum absolute atomic E-state index is 5.78. The number of benzene rings is 1. The van der Waals surface area contributed by atoms with E-state index in [1.54, 1.807) is 0 Å². The lowest BCUT2D eigenvalue weighted by molar-refractivity contribution is 0.924. The van der Waals surface area contributed by atoms with Crippen LogP contribution in [-0.4, -0.2) is 9.55 Å². The van der Waals surface area contributed by atoms with Gasteiger partial charge in [0.15, 0.2) is 0 Å². The molecular formula is C11H17Cl2N3. The van der Waals surface area contributed by atoms with Crippen LogP contribution < -0.4 is 5.73 Å². The molecule has 0 aliphatic heterocycles. The van der Waals surface area contributed by atoms with Crippen molar-refractivity contribution in [3.63, 3.8) is 0 Å². The van der Waals surface area contributed by atoms with Crippen molar-refractivity contribution in [1.29, 1.82) is 0 Å². The number of fused-ring (bicyclic) bond motifs is 1. The van der Waals surface area contributed by atoms with E-state index in [0.717, 1.165) is 11.9 Å². The summed E-state index contributed by atoms with van der Waals surface area (Å²) < 4.78 is 2.04. The third kappa shape index (κ3) is 2.32. The normalized spacial score (nSPS) is 9.69. The monoisotopic (exact) mass is 261 g/mol. The van der Waals surface area contributed by atoms with Crippen LogP contribution in [0.4, 0.5) is 0 Å². The van der Waals surface area contributed by atoms with Crippen LogP contribution in [0.2, 0.25) is 0 Å². The lowest BCUT2D eigenvalue weighted by Gasteiger charge is -2.08. The molecule has 5 heteroatoms. The van der Waals surface area contributed by atoms with Gasteiger partial charge in [-0.15, -0.1) is 24.8 Å². The molecule has 0 aliphatic carbocycles. The zero-order valence-electron chi connectivity index (χ0n) is 9.43. The first kappa shape index (κ1) is 15.2. The molecular weight excluding hydrogens is 245 g/mol. The van der Waals surface area contributed by atoms with E-state index in [9.17, 15) is 0 Å². The number of imidazole rings is 1. The molecule has 0 aliphatic rings. The van der Waals surface area contributed by atoms with Crippen LogP contribution >= 0.6 is 24.8 Å². The highest BCUT2D eigenvalue weighted by Gasteiger charge is 2.08. The van der Waals surface area contributed by atoms with E-state index in [-0.39, 0.29) is 24.8 Å². The van der Waals surface area contributed by atoms with Gasteiger partial charge in [-0.25, -0.2) is 4.98 Å². The summed E-state index contributed by atoms with van der Waals surface area (Å²) in [6, 6.07) is 4.19. The Morgan fingerprint density at radius 3 is 2.56 bits per heavy atom. The van der Waals surface area contributed by atoms with Crippen LogP contribution in [0.5, 0.6) is 0 Å². The highest BCUT2D eigenvalue weighted by molar-refractivity contribution is 5.85. The minimum absolute atomic E-state index is 0. The van der Waals surface area contributed by atoms with Gasteiger partial charge in [0.1, 0.15) is 0 Å². The van der Waals surface area contributed by atoms with Gasteiger partial charge in [-0.1, -0.05) is 13.0 Å². The van der Waals surface area contributed by atoms with Gasteiger partial charge in [0.25, 0.3) is 0 Å². The maximum Gasteiger partial charge on any atom is 0.0955 e. The number of nitrogens with zero attached hydrogens (tertiary/aromatic N) is 2. The molecule has 0 atom stereocenters. The Bertz CT molecular complexity index is 465. The molecule has 1 heterocycles. The third-order valence-electron chi connectivity index (χ3n) is 2.67. The largest absolute Gasteiger partial charge is 0.333 e. The summed E-state index contributed by atoms with van der Waals surface area (Å²) in [6.07, 6.45) is 2.86. The van der Waals surface area contributed by atoms with Crippen LogP contribution in [0.3, 0.4) is 0 Å². The van der Waals surface area contributed by atoms with E-state index < -0.39 is 0 Å². The number of rotatable bonds is 2. The van der Waals surface area contributed by atoms with Crippen molar-refractivity contribution >= 4 is 35.8 Å². The SMILES string of the molecule is CCc1ccc2ncn(C)c2c1CN.Cl.Cl.